The van der Waals surface area contributed by atoms with Crippen molar-refractivity contribution in [1.29, 1.82) is 0 Å². The van der Waals surface area contributed by atoms with Crippen LogP contribution in [0.4, 0.5) is 4.39 Å². The van der Waals surface area contributed by atoms with Crippen molar-refractivity contribution in [3.63, 3.8) is 0 Å². The summed E-state index contributed by atoms with van der Waals surface area (Å²) in [5.41, 5.74) is 0.888. The van der Waals surface area contributed by atoms with Gasteiger partial charge in [0.15, 0.2) is 0 Å². The first-order valence-electron chi connectivity index (χ1n) is 6.33. The Morgan fingerprint density at radius 2 is 2.11 bits per heavy atom. The number of hydrogen-bond donors (Lipinski definition) is 2. The van der Waals surface area contributed by atoms with Crippen molar-refractivity contribution in [1.82, 2.24) is 5.32 Å². The van der Waals surface area contributed by atoms with E-state index in [0.29, 0.717) is 11.1 Å². The Bertz CT molecular complexity index is 447. The zero-order valence-corrected chi connectivity index (χ0v) is 10.4. The number of aryl methyl sites for hydroxylation is 1. The van der Waals surface area contributed by atoms with Gasteiger partial charge in [0.1, 0.15) is 5.82 Å². The summed E-state index contributed by atoms with van der Waals surface area (Å²) in [4.78, 5) is 12.0. The van der Waals surface area contributed by atoms with Crippen molar-refractivity contribution in [2.45, 2.75) is 44.8 Å². The third-order valence-corrected chi connectivity index (χ3v) is 3.47. The lowest BCUT2D eigenvalue weighted by atomic mass is 9.92. The minimum atomic E-state index is -0.468. The third kappa shape index (κ3) is 2.88. The monoisotopic (exact) mass is 251 g/mol. The highest BCUT2D eigenvalue weighted by atomic mass is 19.1. The molecule has 1 amide bonds. The Labute approximate surface area is 106 Å². The van der Waals surface area contributed by atoms with Gasteiger partial charge in [0.25, 0.3) is 5.91 Å². The standard InChI is InChI=1S/C14H18FNO2/c1-9-8-10(6-7-11(9)15)14(18)16-12-4-2-3-5-13(12)17/h6-8,12-13,17H,2-5H2,1H3,(H,16,18)/t12-,13-/m1/s1. The van der Waals surface area contributed by atoms with Crippen LogP contribution in [-0.4, -0.2) is 23.2 Å². The maximum absolute atomic E-state index is 13.1. The number of rotatable bonds is 2. The van der Waals surface area contributed by atoms with E-state index in [9.17, 15) is 14.3 Å². The Kier molecular flexibility index (Phi) is 3.97. The van der Waals surface area contributed by atoms with E-state index in [0.717, 1.165) is 25.7 Å². The SMILES string of the molecule is Cc1cc(C(=O)N[C@@H]2CCCC[C@H]2O)ccc1F. The number of carbonyl (C=O) groups is 1. The first kappa shape index (κ1) is 13.0. The van der Waals surface area contributed by atoms with E-state index in [2.05, 4.69) is 5.32 Å². The van der Waals surface area contributed by atoms with Gasteiger partial charge in [0.05, 0.1) is 12.1 Å². The molecular formula is C14H18FNO2. The molecule has 0 bridgehead atoms. The highest BCUT2D eigenvalue weighted by Crippen LogP contribution is 2.19. The van der Waals surface area contributed by atoms with E-state index < -0.39 is 6.10 Å². The highest BCUT2D eigenvalue weighted by Gasteiger charge is 2.24. The van der Waals surface area contributed by atoms with Crippen LogP contribution < -0.4 is 5.32 Å². The fraction of sp³-hybridized carbons (Fsp3) is 0.500. The van der Waals surface area contributed by atoms with Gasteiger partial charge in [-0.2, -0.15) is 0 Å². The minimum Gasteiger partial charge on any atom is -0.391 e. The molecule has 0 saturated heterocycles. The first-order valence-corrected chi connectivity index (χ1v) is 6.33. The lowest BCUT2D eigenvalue weighted by molar-refractivity contribution is 0.0717. The van der Waals surface area contributed by atoms with Crippen LogP contribution in [0.3, 0.4) is 0 Å². The van der Waals surface area contributed by atoms with Crippen molar-refractivity contribution < 1.29 is 14.3 Å². The number of aliphatic hydroxyl groups is 1. The average Bonchev–Trinajstić information content (AvgIpc) is 2.35. The molecule has 0 radical (unpaired) electrons. The lowest BCUT2D eigenvalue weighted by Crippen LogP contribution is -2.45. The molecule has 1 aliphatic rings. The summed E-state index contributed by atoms with van der Waals surface area (Å²) in [6, 6.07) is 4.10. The number of hydrogen-bond acceptors (Lipinski definition) is 2. The van der Waals surface area contributed by atoms with Crippen LogP contribution in [0.25, 0.3) is 0 Å². The molecule has 1 fully saturated rings. The largest absolute Gasteiger partial charge is 0.391 e. The van der Waals surface area contributed by atoms with Gasteiger partial charge in [-0.25, -0.2) is 4.39 Å². The van der Waals surface area contributed by atoms with Crippen LogP contribution in [0.2, 0.25) is 0 Å². The number of carbonyl (C=O) groups excluding carboxylic acids is 1. The van der Waals surface area contributed by atoms with E-state index in [4.69, 9.17) is 0 Å². The lowest BCUT2D eigenvalue weighted by Gasteiger charge is -2.28. The van der Waals surface area contributed by atoms with E-state index in [1.165, 1.54) is 18.2 Å². The van der Waals surface area contributed by atoms with E-state index in [-0.39, 0.29) is 17.8 Å². The molecule has 1 aromatic carbocycles. The Morgan fingerprint density at radius 1 is 1.39 bits per heavy atom. The fourth-order valence-electron chi connectivity index (χ4n) is 2.32. The molecular weight excluding hydrogens is 233 g/mol. The molecule has 0 aliphatic heterocycles. The summed E-state index contributed by atoms with van der Waals surface area (Å²) in [5.74, 6) is -0.562. The molecule has 2 N–H and O–H groups in total. The average molecular weight is 251 g/mol. The van der Waals surface area contributed by atoms with Crippen LogP contribution in [0.15, 0.2) is 18.2 Å². The quantitative estimate of drug-likeness (QED) is 0.846. The predicted molar refractivity (Wildman–Crippen MR) is 66.9 cm³/mol. The molecule has 1 aromatic rings. The molecule has 2 rings (SSSR count). The third-order valence-electron chi connectivity index (χ3n) is 3.47. The van der Waals surface area contributed by atoms with Crippen molar-refractivity contribution in [2.75, 3.05) is 0 Å². The van der Waals surface area contributed by atoms with Crippen molar-refractivity contribution in [3.05, 3.63) is 35.1 Å². The molecule has 98 valence electrons. The zero-order valence-electron chi connectivity index (χ0n) is 10.4. The molecule has 0 unspecified atom stereocenters. The van der Waals surface area contributed by atoms with Gasteiger partial charge in [-0.15, -0.1) is 0 Å². The van der Waals surface area contributed by atoms with E-state index in [1.807, 2.05) is 0 Å². The second kappa shape index (κ2) is 5.48. The summed E-state index contributed by atoms with van der Waals surface area (Å²) in [6.07, 6.45) is 3.08. The molecule has 4 heteroatoms. The first-order chi connectivity index (χ1) is 8.58. The molecule has 1 aliphatic carbocycles. The minimum absolute atomic E-state index is 0.184. The molecule has 0 aromatic heterocycles. The fourth-order valence-corrected chi connectivity index (χ4v) is 2.32. The van der Waals surface area contributed by atoms with Gasteiger partial charge in [-0.3, -0.25) is 4.79 Å². The van der Waals surface area contributed by atoms with Gasteiger partial charge in [0.2, 0.25) is 0 Å². The van der Waals surface area contributed by atoms with Crippen LogP contribution in [-0.2, 0) is 0 Å². The van der Waals surface area contributed by atoms with E-state index in [1.54, 1.807) is 6.92 Å². The summed E-state index contributed by atoms with van der Waals surface area (Å²) >= 11 is 0. The van der Waals surface area contributed by atoms with Gasteiger partial charge in [-0.05, 0) is 43.5 Å². The molecule has 3 nitrogen and oxygen atoms in total. The van der Waals surface area contributed by atoms with Crippen LogP contribution in [0.5, 0.6) is 0 Å². The Hall–Kier alpha value is -1.42. The number of benzene rings is 1. The predicted octanol–water partition coefficient (Wildman–Crippen LogP) is 2.17. The second-order valence-corrected chi connectivity index (χ2v) is 4.90. The Morgan fingerprint density at radius 3 is 2.78 bits per heavy atom. The smallest absolute Gasteiger partial charge is 0.251 e. The van der Waals surface area contributed by atoms with E-state index >= 15 is 0 Å². The van der Waals surface area contributed by atoms with Gasteiger partial charge in [0, 0.05) is 5.56 Å². The molecule has 1 saturated carbocycles. The summed E-state index contributed by atoms with van der Waals surface area (Å²) in [7, 11) is 0. The van der Waals surface area contributed by atoms with Crippen LogP contribution in [0, 0.1) is 12.7 Å². The van der Waals surface area contributed by atoms with Gasteiger partial charge < -0.3 is 10.4 Å². The summed E-state index contributed by atoms with van der Waals surface area (Å²) < 4.78 is 13.1. The van der Waals surface area contributed by atoms with Crippen molar-refractivity contribution in [2.24, 2.45) is 0 Å². The zero-order chi connectivity index (χ0) is 13.1. The highest BCUT2D eigenvalue weighted by molar-refractivity contribution is 5.94. The van der Waals surface area contributed by atoms with Crippen molar-refractivity contribution in [3.8, 4) is 0 Å². The van der Waals surface area contributed by atoms with Crippen LogP contribution in [0.1, 0.15) is 41.6 Å². The topological polar surface area (TPSA) is 49.3 Å². The molecule has 0 spiro atoms. The number of halogens is 1. The Balaban J connectivity index is 2.04. The normalized spacial score (nSPS) is 23.7. The maximum Gasteiger partial charge on any atom is 0.251 e. The molecule has 18 heavy (non-hydrogen) atoms. The van der Waals surface area contributed by atoms with Crippen molar-refractivity contribution >= 4 is 5.91 Å². The number of nitrogens with one attached hydrogen (secondary N) is 1. The second-order valence-electron chi connectivity index (χ2n) is 4.90. The molecule has 2 atom stereocenters. The molecule has 0 heterocycles. The number of aliphatic hydroxyl groups excluding tert-OH is 1. The number of amides is 1. The summed E-state index contributed by atoms with van der Waals surface area (Å²) in [5, 5.41) is 12.6. The maximum atomic E-state index is 13.1. The van der Waals surface area contributed by atoms with Crippen LogP contribution >= 0.6 is 0 Å². The van der Waals surface area contributed by atoms with Gasteiger partial charge >= 0.3 is 0 Å². The summed E-state index contributed by atoms with van der Waals surface area (Å²) in [6.45, 7) is 1.63. The van der Waals surface area contributed by atoms with Gasteiger partial charge in [-0.1, -0.05) is 12.8 Å².